The fourth-order valence-electron chi connectivity index (χ4n) is 1.93. The van der Waals surface area contributed by atoms with Crippen molar-refractivity contribution in [1.29, 1.82) is 0 Å². The van der Waals surface area contributed by atoms with Crippen LogP contribution in [0.5, 0.6) is 0 Å². The molecule has 0 amide bonds. The van der Waals surface area contributed by atoms with Crippen LogP contribution < -0.4 is 5.32 Å². The molecule has 2 aromatic rings. The fourth-order valence-corrected chi connectivity index (χ4v) is 3.29. The zero-order chi connectivity index (χ0) is 15.6. The minimum Gasteiger partial charge on any atom is -0.378 e. The molecule has 0 fully saturated rings. The van der Waals surface area contributed by atoms with Gasteiger partial charge in [-0.3, -0.25) is 10.1 Å². The number of nitro groups is 1. The highest BCUT2D eigenvalue weighted by Crippen LogP contribution is 2.31. The highest BCUT2D eigenvalue weighted by Gasteiger charge is 2.14. The summed E-state index contributed by atoms with van der Waals surface area (Å²) in [5, 5.41) is 14.7. The van der Waals surface area contributed by atoms with Crippen molar-refractivity contribution >= 4 is 54.8 Å². The SMILES string of the molecule is CC(Nc1ccc([N+](=O)[O-])c(Br)c1)c1ccc(Br)cc1Cl. The molecule has 0 spiro atoms. The topological polar surface area (TPSA) is 55.2 Å². The maximum absolute atomic E-state index is 10.8. The first-order valence-corrected chi connectivity index (χ1v) is 8.00. The maximum Gasteiger partial charge on any atom is 0.283 e. The fraction of sp³-hybridized carbons (Fsp3) is 0.143. The predicted octanol–water partition coefficient (Wildman–Crippen LogP) is 5.95. The molecule has 2 aromatic carbocycles. The average Bonchev–Trinajstić information content (AvgIpc) is 2.37. The summed E-state index contributed by atoms with van der Waals surface area (Å²) >= 11 is 12.8. The molecular formula is C14H11Br2ClN2O2. The summed E-state index contributed by atoms with van der Waals surface area (Å²) in [5.41, 5.74) is 1.77. The van der Waals surface area contributed by atoms with E-state index in [-0.39, 0.29) is 11.7 Å². The van der Waals surface area contributed by atoms with Crippen LogP contribution >= 0.6 is 43.5 Å². The van der Waals surface area contributed by atoms with E-state index in [9.17, 15) is 10.1 Å². The Morgan fingerprint density at radius 3 is 2.52 bits per heavy atom. The van der Waals surface area contributed by atoms with E-state index in [4.69, 9.17) is 11.6 Å². The molecule has 1 atom stereocenters. The van der Waals surface area contributed by atoms with Crippen LogP contribution in [-0.2, 0) is 0 Å². The van der Waals surface area contributed by atoms with Crippen molar-refractivity contribution in [2.45, 2.75) is 13.0 Å². The number of nitro benzene ring substituents is 1. The molecule has 0 aromatic heterocycles. The number of anilines is 1. The molecule has 2 rings (SSSR count). The largest absolute Gasteiger partial charge is 0.378 e. The Kier molecular flexibility index (Phi) is 5.24. The molecule has 0 saturated carbocycles. The second-order valence-corrected chi connectivity index (χ2v) is 6.63. The Morgan fingerprint density at radius 1 is 1.24 bits per heavy atom. The Balaban J connectivity index is 2.21. The van der Waals surface area contributed by atoms with Crippen LogP contribution in [0.25, 0.3) is 0 Å². The molecule has 0 aliphatic carbocycles. The lowest BCUT2D eigenvalue weighted by atomic mass is 10.1. The third-order valence-corrected chi connectivity index (χ3v) is 4.41. The van der Waals surface area contributed by atoms with Gasteiger partial charge in [-0.15, -0.1) is 0 Å². The second-order valence-electron chi connectivity index (χ2n) is 4.46. The monoisotopic (exact) mass is 432 g/mol. The molecule has 1 unspecified atom stereocenters. The van der Waals surface area contributed by atoms with Gasteiger partial charge in [-0.2, -0.15) is 0 Å². The van der Waals surface area contributed by atoms with Gasteiger partial charge in [-0.05, 0) is 52.7 Å². The number of nitrogens with one attached hydrogen (secondary N) is 1. The molecule has 1 N–H and O–H groups in total. The Morgan fingerprint density at radius 2 is 1.95 bits per heavy atom. The molecule has 110 valence electrons. The summed E-state index contributed by atoms with van der Waals surface area (Å²) in [6.07, 6.45) is 0. The summed E-state index contributed by atoms with van der Waals surface area (Å²) in [4.78, 5) is 10.4. The molecule has 4 nitrogen and oxygen atoms in total. The van der Waals surface area contributed by atoms with Crippen LogP contribution in [0.2, 0.25) is 5.02 Å². The molecule has 21 heavy (non-hydrogen) atoms. The van der Waals surface area contributed by atoms with Gasteiger partial charge in [-0.25, -0.2) is 0 Å². The zero-order valence-electron chi connectivity index (χ0n) is 10.9. The molecule has 0 saturated heterocycles. The first-order valence-electron chi connectivity index (χ1n) is 6.04. The molecule has 0 aliphatic rings. The van der Waals surface area contributed by atoms with Gasteiger partial charge < -0.3 is 5.32 Å². The minimum atomic E-state index is -0.428. The third kappa shape index (κ3) is 3.96. The zero-order valence-corrected chi connectivity index (χ0v) is 14.9. The van der Waals surface area contributed by atoms with Crippen molar-refractivity contribution < 1.29 is 4.92 Å². The van der Waals surface area contributed by atoms with Crippen molar-refractivity contribution in [1.82, 2.24) is 0 Å². The van der Waals surface area contributed by atoms with Gasteiger partial charge in [0.15, 0.2) is 0 Å². The van der Waals surface area contributed by atoms with Crippen LogP contribution in [0.1, 0.15) is 18.5 Å². The smallest absolute Gasteiger partial charge is 0.283 e. The Bertz CT molecular complexity index is 695. The summed E-state index contributed by atoms with van der Waals surface area (Å²) in [5.74, 6) is 0. The number of rotatable bonds is 4. The van der Waals surface area contributed by atoms with Crippen molar-refractivity contribution in [2.75, 3.05) is 5.32 Å². The molecule has 0 bridgehead atoms. The van der Waals surface area contributed by atoms with E-state index in [1.165, 1.54) is 6.07 Å². The number of benzene rings is 2. The first-order chi connectivity index (χ1) is 9.88. The van der Waals surface area contributed by atoms with Crippen LogP contribution in [0.4, 0.5) is 11.4 Å². The first kappa shape index (κ1) is 16.3. The molecule has 0 aliphatic heterocycles. The van der Waals surface area contributed by atoms with Crippen molar-refractivity contribution in [3.8, 4) is 0 Å². The van der Waals surface area contributed by atoms with E-state index in [1.807, 2.05) is 25.1 Å². The lowest BCUT2D eigenvalue weighted by Crippen LogP contribution is -2.07. The van der Waals surface area contributed by atoms with E-state index in [0.717, 1.165) is 15.7 Å². The molecular weight excluding hydrogens is 423 g/mol. The van der Waals surface area contributed by atoms with E-state index < -0.39 is 4.92 Å². The Hall–Kier alpha value is -1.11. The van der Waals surface area contributed by atoms with Crippen molar-refractivity contribution in [2.24, 2.45) is 0 Å². The van der Waals surface area contributed by atoms with E-state index in [0.29, 0.717) is 9.50 Å². The van der Waals surface area contributed by atoms with Crippen LogP contribution in [0.15, 0.2) is 45.3 Å². The molecule has 7 heteroatoms. The molecule has 0 heterocycles. The van der Waals surface area contributed by atoms with Gasteiger partial charge >= 0.3 is 0 Å². The average molecular weight is 435 g/mol. The van der Waals surface area contributed by atoms with E-state index >= 15 is 0 Å². The maximum atomic E-state index is 10.8. The normalized spacial score (nSPS) is 12.0. The lowest BCUT2D eigenvalue weighted by molar-refractivity contribution is -0.385. The van der Waals surface area contributed by atoms with Crippen molar-refractivity contribution in [3.05, 3.63) is 66.0 Å². The van der Waals surface area contributed by atoms with Crippen molar-refractivity contribution in [3.63, 3.8) is 0 Å². The standard InChI is InChI=1S/C14H11Br2ClN2O2/c1-8(11-4-2-9(15)6-13(11)17)18-10-3-5-14(19(20)21)12(16)7-10/h2-8,18H,1H3. The van der Waals surface area contributed by atoms with Crippen LogP contribution in [0.3, 0.4) is 0 Å². The number of halogens is 3. The van der Waals surface area contributed by atoms with Gasteiger partial charge in [-0.1, -0.05) is 33.6 Å². The van der Waals surface area contributed by atoms with Gasteiger partial charge in [0.2, 0.25) is 0 Å². The highest BCUT2D eigenvalue weighted by molar-refractivity contribution is 9.10. The summed E-state index contributed by atoms with van der Waals surface area (Å²) < 4.78 is 1.35. The summed E-state index contributed by atoms with van der Waals surface area (Å²) in [6, 6.07) is 10.5. The van der Waals surface area contributed by atoms with Gasteiger partial charge in [0.05, 0.1) is 9.40 Å². The highest BCUT2D eigenvalue weighted by atomic mass is 79.9. The Labute approximate surface area is 143 Å². The van der Waals surface area contributed by atoms with Gasteiger partial charge in [0.25, 0.3) is 5.69 Å². The third-order valence-electron chi connectivity index (χ3n) is 2.96. The van der Waals surface area contributed by atoms with E-state index in [1.54, 1.807) is 12.1 Å². The van der Waals surface area contributed by atoms with Gasteiger partial charge in [0.1, 0.15) is 0 Å². The van der Waals surface area contributed by atoms with Gasteiger partial charge in [0, 0.05) is 27.3 Å². The number of hydrogen-bond acceptors (Lipinski definition) is 3. The van der Waals surface area contributed by atoms with Crippen LogP contribution in [0, 0.1) is 10.1 Å². The lowest BCUT2D eigenvalue weighted by Gasteiger charge is -2.17. The number of nitrogens with zero attached hydrogens (tertiary/aromatic N) is 1. The summed E-state index contributed by atoms with van der Waals surface area (Å²) in [7, 11) is 0. The van der Waals surface area contributed by atoms with E-state index in [2.05, 4.69) is 37.2 Å². The quantitative estimate of drug-likeness (QED) is 0.478. The predicted molar refractivity (Wildman–Crippen MR) is 92.0 cm³/mol. The number of hydrogen-bond donors (Lipinski definition) is 1. The summed E-state index contributed by atoms with van der Waals surface area (Å²) in [6.45, 7) is 1.98. The minimum absolute atomic E-state index is 0.0287. The second kappa shape index (κ2) is 6.77. The van der Waals surface area contributed by atoms with Crippen LogP contribution in [-0.4, -0.2) is 4.92 Å². The molecule has 0 radical (unpaired) electrons.